The van der Waals surface area contributed by atoms with Gasteiger partial charge in [0.1, 0.15) is 25.3 Å². The zero-order chi connectivity index (χ0) is 22.0. The van der Waals surface area contributed by atoms with Gasteiger partial charge in [-0.2, -0.15) is 0 Å². The van der Waals surface area contributed by atoms with Gasteiger partial charge in [-0.05, 0) is 30.5 Å². The smallest absolute Gasteiger partial charge is 0.325 e. The zero-order valence-electron chi connectivity index (χ0n) is 18.2. The molecule has 0 bridgehead atoms. The highest BCUT2D eigenvalue weighted by atomic mass is 16.6. The minimum atomic E-state index is -0.875. The SMILES string of the molecule is CCC1(CC)NC(=O)N(CC(=O)N2CCN(Cc3ccc4c(c3)OCCO4)CC2)C1=O. The maximum Gasteiger partial charge on any atom is 0.325 e. The third kappa shape index (κ3) is 4.19. The number of ether oxygens (including phenoxy) is 2. The van der Waals surface area contributed by atoms with E-state index in [1.807, 2.05) is 32.0 Å². The number of nitrogens with zero attached hydrogens (tertiary/aromatic N) is 3. The second kappa shape index (κ2) is 8.74. The fourth-order valence-corrected chi connectivity index (χ4v) is 4.38. The molecule has 3 heterocycles. The van der Waals surface area contributed by atoms with Gasteiger partial charge in [0.15, 0.2) is 11.5 Å². The van der Waals surface area contributed by atoms with E-state index in [1.165, 1.54) is 0 Å². The average Bonchev–Trinajstić information content (AvgIpc) is 3.04. The lowest BCUT2D eigenvalue weighted by Crippen LogP contribution is -2.52. The van der Waals surface area contributed by atoms with E-state index in [0.29, 0.717) is 39.1 Å². The van der Waals surface area contributed by atoms with Gasteiger partial charge in [-0.1, -0.05) is 19.9 Å². The number of fused-ring (bicyclic) bond motifs is 1. The highest BCUT2D eigenvalue weighted by molar-refractivity contribution is 6.09. The summed E-state index contributed by atoms with van der Waals surface area (Å²) >= 11 is 0. The van der Waals surface area contributed by atoms with Crippen molar-refractivity contribution in [2.24, 2.45) is 0 Å². The number of urea groups is 1. The fraction of sp³-hybridized carbons (Fsp3) is 0.591. The van der Waals surface area contributed by atoms with Gasteiger partial charge in [-0.3, -0.25) is 19.4 Å². The van der Waals surface area contributed by atoms with Crippen molar-refractivity contribution in [2.75, 3.05) is 45.9 Å². The Kier molecular flexibility index (Phi) is 6.04. The maximum absolute atomic E-state index is 12.8. The van der Waals surface area contributed by atoms with Crippen LogP contribution in [0, 0.1) is 0 Å². The molecule has 0 aliphatic carbocycles. The van der Waals surface area contributed by atoms with Crippen molar-refractivity contribution in [3.05, 3.63) is 23.8 Å². The van der Waals surface area contributed by atoms with E-state index < -0.39 is 11.6 Å². The van der Waals surface area contributed by atoms with E-state index in [0.717, 1.165) is 41.6 Å². The number of carbonyl (C=O) groups excluding carboxylic acids is 3. The molecule has 4 amide bonds. The molecule has 3 aliphatic heterocycles. The second-order valence-corrected chi connectivity index (χ2v) is 8.25. The number of nitrogens with one attached hydrogen (secondary N) is 1. The molecule has 1 aromatic rings. The van der Waals surface area contributed by atoms with E-state index >= 15 is 0 Å². The van der Waals surface area contributed by atoms with Gasteiger partial charge in [0, 0.05) is 32.7 Å². The van der Waals surface area contributed by atoms with Crippen molar-refractivity contribution < 1.29 is 23.9 Å². The first-order valence-corrected chi connectivity index (χ1v) is 11.0. The molecule has 0 aromatic heterocycles. The highest BCUT2D eigenvalue weighted by Gasteiger charge is 2.49. The Labute approximate surface area is 182 Å². The Balaban J connectivity index is 1.29. The predicted octanol–water partition coefficient (Wildman–Crippen LogP) is 1.21. The third-order valence-electron chi connectivity index (χ3n) is 6.48. The van der Waals surface area contributed by atoms with Gasteiger partial charge in [0.05, 0.1) is 0 Å². The largest absolute Gasteiger partial charge is 0.486 e. The summed E-state index contributed by atoms with van der Waals surface area (Å²) in [5.74, 6) is 1.07. The summed E-state index contributed by atoms with van der Waals surface area (Å²) in [6, 6.07) is 5.52. The van der Waals surface area contributed by atoms with Crippen LogP contribution in [-0.4, -0.2) is 84.0 Å². The van der Waals surface area contributed by atoms with Crippen LogP contribution in [-0.2, 0) is 16.1 Å². The number of imide groups is 1. The topological polar surface area (TPSA) is 91.4 Å². The van der Waals surface area contributed by atoms with E-state index in [9.17, 15) is 14.4 Å². The van der Waals surface area contributed by atoms with E-state index in [4.69, 9.17) is 9.47 Å². The molecule has 0 atom stereocenters. The van der Waals surface area contributed by atoms with Crippen LogP contribution in [0.4, 0.5) is 4.79 Å². The van der Waals surface area contributed by atoms with E-state index in [2.05, 4.69) is 10.2 Å². The van der Waals surface area contributed by atoms with Gasteiger partial charge in [0.25, 0.3) is 5.91 Å². The fourth-order valence-electron chi connectivity index (χ4n) is 4.38. The molecular weight excluding hydrogens is 400 g/mol. The van der Waals surface area contributed by atoms with Crippen molar-refractivity contribution in [3.8, 4) is 11.5 Å². The summed E-state index contributed by atoms with van der Waals surface area (Å²) in [5.41, 5.74) is 0.263. The molecule has 9 nitrogen and oxygen atoms in total. The van der Waals surface area contributed by atoms with Gasteiger partial charge in [-0.15, -0.1) is 0 Å². The number of piperazine rings is 1. The lowest BCUT2D eigenvalue weighted by molar-refractivity contribution is -0.140. The summed E-state index contributed by atoms with van der Waals surface area (Å²) in [4.78, 5) is 42.9. The Hall–Kier alpha value is -2.81. The minimum absolute atomic E-state index is 0.189. The quantitative estimate of drug-likeness (QED) is 0.683. The van der Waals surface area contributed by atoms with Crippen molar-refractivity contribution in [1.82, 2.24) is 20.0 Å². The predicted molar refractivity (Wildman–Crippen MR) is 113 cm³/mol. The van der Waals surface area contributed by atoms with Crippen LogP contribution >= 0.6 is 0 Å². The van der Waals surface area contributed by atoms with Gasteiger partial charge < -0.3 is 19.7 Å². The summed E-state index contributed by atoms with van der Waals surface area (Å²) in [6.07, 6.45) is 1.02. The van der Waals surface area contributed by atoms with Gasteiger partial charge in [-0.25, -0.2) is 4.79 Å². The molecule has 0 unspecified atom stereocenters. The summed E-state index contributed by atoms with van der Waals surface area (Å²) in [7, 11) is 0. The normalized spacial score (nSPS) is 20.7. The maximum atomic E-state index is 12.8. The molecule has 1 aromatic carbocycles. The Morgan fingerprint density at radius 3 is 2.35 bits per heavy atom. The summed E-state index contributed by atoms with van der Waals surface area (Å²) in [6.45, 7) is 8.04. The number of hydrogen-bond donors (Lipinski definition) is 1. The summed E-state index contributed by atoms with van der Waals surface area (Å²) in [5, 5.41) is 2.77. The Morgan fingerprint density at radius 2 is 1.71 bits per heavy atom. The van der Waals surface area contributed by atoms with E-state index in [-0.39, 0.29) is 18.4 Å². The summed E-state index contributed by atoms with van der Waals surface area (Å²) < 4.78 is 11.2. The first kappa shape index (κ1) is 21.4. The van der Waals surface area contributed by atoms with Crippen LogP contribution < -0.4 is 14.8 Å². The minimum Gasteiger partial charge on any atom is -0.486 e. The van der Waals surface area contributed by atoms with E-state index in [1.54, 1.807) is 4.90 Å². The van der Waals surface area contributed by atoms with Crippen LogP contribution in [0.5, 0.6) is 11.5 Å². The standard InChI is InChI=1S/C22H30N4O5/c1-3-22(4-2)20(28)26(21(29)23-22)15-19(27)25-9-7-24(8-10-25)14-16-5-6-17-18(13-16)31-12-11-30-17/h5-6,13H,3-4,7-12,14-15H2,1-2H3,(H,23,29). The molecule has 2 fully saturated rings. The van der Waals surface area contributed by atoms with Gasteiger partial charge in [0.2, 0.25) is 5.91 Å². The number of rotatable bonds is 6. The monoisotopic (exact) mass is 430 g/mol. The van der Waals surface area contributed by atoms with Gasteiger partial charge >= 0.3 is 6.03 Å². The van der Waals surface area contributed by atoms with Crippen LogP contribution in [0.15, 0.2) is 18.2 Å². The lowest BCUT2D eigenvalue weighted by atomic mass is 9.93. The molecule has 0 radical (unpaired) electrons. The Morgan fingerprint density at radius 1 is 1.03 bits per heavy atom. The molecule has 9 heteroatoms. The van der Waals surface area contributed by atoms with Crippen LogP contribution in [0.2, 0.25) is 0 Å². The second-order valence-electron chi connectivity index (χ2n) is 8.25. The van der Waals surface area contributed by atoms with Crippen LogP contribution in [0.1, 0.15) is 32.3 Å². The number of amides is 4. The zero-order valence-corrected chi connectivity index (χ0v) is 18.2. The van der Waals surface area contributed by atoms with Crippen molar-refractivity contribution >= 4 is 17.8 Å². The molecule has 0 spiro atoms. The Bertz CT molecular complexity index is 861. The number of hydrogen-bond acceptors (Lipinski definition) is 6. The molecule has 0 saturated carbocycles. The third-order valence-corrected chi connectivity index (χ3v) is 6.48. The van der Waals surface area contributed by atoms with Crippen molar-refractivity contribution in [2.45, 2.75) is 38.8 Å². The lowest BCUT2D eigenvalue weighted by Gasteiger charge is -2.35. The molecule has 168 valence electrons. The van der Waals surface area contributed by atoms with Crippen molar-refractivity contribution in [3.63, 3.8) is 0 Å². The highest BCUT2D eigenvalue weighted by Crippen LogP contribution is 2.31. The molecule has 1 N–H and O–H groups in total. The molecule has 2 saturated heterocycles. The molecule has 4 rings (SSSR count). The molecular formula is C22H30N4O5. The number of carbonyl (C=O) groups is 3. The number of benzene rings is 1. The first-order chi connectivity index (χ1) is 15.0. The van der Waals surface area contributed by atoms with Crippen LogP contribution in [0.25, 0.3) is 0 Å². The van der Waals surface area contributed by atoms with Crippen LogP contribution in [0.3, 0.4) is 0 Å². The average molecular weight is 431 g/mol. The van der Waals surface area contributed by atoms with Crippen molar-refractivity contribution in [1.29, 1.82) is 0 Å². The molecule has 3 aliphatic rings. The molecule has 31 heavy (non-hydrogen) atoms. The first-order valence-electron chi connectivity index (χ1n) is 11.0.